The molecule has 1 aromatic carbocycles. The molecule has 2 aromatic rings. The van der Waals surface area contributed by atoms with Gasteiger partial charge in [0, 0.05) is 24.7 Å². The lowest BCUT2D eigenvalue weighted by Gasteiger charge is -2.35. The minimum atomic E-state index is -0.139. The molecule has 1 amide bonds. The zero-order chi connectivity index (χ0) is 20.1. The number of amides is 1. The van der Waals surface area contributed by atoms with Crippen molar-refractivity contribution < 1.29 is 9.53 Å². The van der Waals surface area contributed by atoms with Gasteiger partial charge in [-0.2, -0.15) is 0 Å². The van der Waals surface area contributed by atoms with Gasteiger partial charge in [-0.1, -0.05) is 43.3 Å². The second-order valence-corrected chi connectivity index (χ2v) is 8.12. The summed E-state index contributed by atoms with van der Waals surface area (Å²) in [6, 6.07) is 14.4. The lowest BCUT2D eigenvalue weighted by molar-refractivity contribution is -0.140. The number of nitrogens with zero attached hydrogens (tertiary/aromatic N) is 3. The van der Waals surface area contributed by atoms with Crippen LogP contribution < -0.4 is 0 Å². The summed E-state index contributed by atoms with van der Waals surface area (Å²) in [6.07, 6.45) is 4.70. The highest BCUT2D eigenvalue weighted by molar-refractivity contribution is 5.76. The smallest absolute Gasteiger partial charge is 0.223 e. The fraction of sp³-hybridized carbons (Fsp3) is 0.500. The molecule has 0 bridgehead atoms. The van der Waals surface area contributed by atoms with Gasteiger partial charge in [0.25, 0.3) is 0 Å². The average Bonchev–Trinajstić information content (AvgIpc) is 2.80. The van der Waals surface area contributed by atoms with E-state index in [9.17, 15) is 4.79 Å². The van der Waals surface area contributed by atoms with E-state index in [2.05, 4.69) is 35.0 Å². The molecule has 0 radical (unpaired) electrons. The highest BCUT2D eigenvalue weighted by Crippen LogP contribution is 2.26. The van der Waals surface area contributed by atoms with E-state index in [0.717, 1.165) is 49.3 Å². The fourth-order valence-electron chi connectivity index (χ4n) is 4.33. The van der Waals surface area contributed by atoms with Crippen molar-refractivity contribution >= 4 is 5.91 Å². The Balaban J connectivity index is 1.34. The summed E-state index contributed by atoms with van der Waals surface area (Å²) in [6.45, 7) is 7.43. The SMILES string of the molecule is CCN1CCC(CC(=O)N2CCOC(c3ccc(-c4ccccc4)cn3)C2)CC1. The molecule has 154 valence electrons. The normalized spacial score (nSPS) is 21.3. The molecule has 29 heavy (non-hydrogen) atoms. The van der Waals surface area contributed by atoms with Crippen LogP contribution in [0.25, 0.3) is 11.1 Å². The number of morpholine rings is 1. The number of hydrogen-bond acceptors (Lipinski definition) is 4. The summed E-state index contributed by atoms with van der Waals surface area (Å²) >= 11 is 0. The quantitative estimate of drug-likeness (QED) is 0.776. The van der Waals surface area contributed by atoms with Gasteiger partial charge in [-0.05, 0) is 50.0 Å². The Kier molecular flexibility index (Phi) is 6.57. The summed E-state index contributed by atoms with van der Waals surface area (Å²) in [7, 11) is 0. The van der Waals surface area contributed by atoms with E-state index in [1.165, 1.54) is 0 Å². The number of likely N-dealkylation sites (tertiary alicyclic amines) is 1. The van der Waals surface area contributed by atoms with Crippen LogP contribution in [0.4, 0.5) is 0 Å². The van der Waals surface area contributed by atoms with Crippen LogP contribution in [0.5, 0.6) is 0 Å². The largest absolute Gasteiger partial charge is 0.368 e. The van der Waals surface area contributed by atoms with Crippen LogP contribution in [-0.4, -0.2) is 60.0 Å². The van der Waals surface area contributed by atoms with Gasteiger partial charge in [-0.25, -0.2) is 0 Å². The van der Waals surface area contributed by atoms with E-state index in [1.54, 1.807) is 0 Å². The molecule has 1 unspecified atom stereocenters. The van der Waals surface area contributed by atoms with Crippen molar-refractivity contribution in [2.24, 2.45) is 5.92 Å². The minimum absolute atomic E-state index is 0.139. The van der Waals surface area contributed by atoms with Gasteiger partial charge < -0.3 is 14.5 Å². The Labute approximate surface area is 173 Å². The zero-order valence-electron chi connectivity index (χ0n) is 17.3. The number of rotatable bonds is 5. The monoisotopic (exact) mass is 393 g/mol. The third-order valence-electron chi connectivity index (χ3n) is 6.26. The standard InChI is InChI=1S/C24H31N3O2/c1-2-26-12-10-19(11-13-26)16-24(28)27-14-15-29-23(18-27)22-9-8-21(17-25-22)20-6-4-3-5-7-20/h3-9,17,19,23H,2,10-16,18H2,1H3. The molecule has 2 fully saturated rings. The molecule has 0 aliphatic carbocycles. The molecule has 5 nitrogen and oxygen atoms in total. The first-order chi connectivity index (χ1) is 14.2. The van der Waals surface area contributed by atoms with Crippen LogP contribution >= 0.6 is 0 Å². The summed E-state index contributed by atoms with van der Waals surface area (Å²) in [5.41, 5.74) is 3.15. The van der Waals surface area contributed by atoms with Crippen LogP contribution in [0.1, 0.15) is 38.0 Å². The van der Waals surface area contributed by atoms with Crippen LogP contribution in [-0.2, 0) is 9.53 Å². The maximum Gasteiger partial charge on any atom is 0.223 e. The number of carbonyl (C=O) groups is 1. The summed E-state index contributed by atoms with van der Waals surface area (Å²) < 4.78 is 5.95. The molecule has 4 rings (SSSR count). The maximum absolute atomic E-state index is 12.9. The first-order valence-corrected chi connectivity index (χ1v) is 10.9. The number of piperidine rings is 1. The minimum Gasteiger partial charge on any atom is -0.368 e. The predicted molar refractivity (Wildman–Crippen MR) is 114 cm³/mol. The molecule has 0 saturated carbocycles. The van der Waals surface area contributed by atoms with Crippen LogP contribution in [0.3, 0.4) is 0 Å². The Morgan fingerprint density at radius 3 is 2.55 bits per heavy atom. The van der Waals surface area contributed by atoms with E-state index in [-0.39, 0.29) is 12.0 Å². The second kappa shape index (κ2) is 9.51. The van der Waals surface area contributed by atoms with Crippen molar-refractivity contribution in [1.29, 1.82) is 0 Å². The number of ether oxygens (including phenoxy) is 1. The molecule has 2 saturated heterocycles. The first kappa shape index (κ1) is 20.0. The molecule has 5 heteroatoms. The molecule has 0 spiro atoms. The van der Waals surface area contributed by atoms with Crippen molar-refractivity contribution in [1.82, 2.24) is 14.8 Å². The summed E-state index contributed by atoms with van der Waals surface area (Å²) in [5.74, 6) is 0.795. The number of hydrogen-bond donors (Lipinski definition) is 0. The van der Waals surface area contributed by atoms with Crippen molar-refractivity contribution in [3.63, 3.8) is 0 Å². The summed E-state index contributed by atoms with van der Waals surface area (Å²) in [5, 5.41) is 0. The van der Waals surface area contributed by atoms with E-state index in [0.29, 0.717) is 32.0 Å². The summed E-state index contributed by atoms with van der Waals surface area (Å²) in [4.78, 5) is 22.0. The van der Waals surface area contributed by atoms with Crippen LogP contribution in [0, 0.1) is 5.92 Å². The number of aromatic nitrogens is 1. The highest BCUT2D eigenvalue weighted by atomic mass is 16.5. The van der Waals surface area contributed by atoms with Gasteiger partial charge in [-0.15, -0.1) is 0 Å². The van der Waals surface area contributed by atoms with E-state index in [1.807, 2.05) is 35.4 Å². The Bertz CT molecular complexity index is 786. The van der Waals surface area contributed by atoms with Crippen molar-refractivity contribution in [2.45, 2.75) is 32.3 Å². The third kappa shape index (κ3) is 5.03. The van der Waals surface area contributed by atoms with E-state index in [4.69, 9.17) is 4.74 Å². The predicted octanol–water partition coefficient (Wildman–Crippen LogP) is 3.77. The van der Waals surface area contributed by atoms with Gasteiger partial charge >= 0.3 is 0 Å². The topological polar surface area (TPSA) is 45.7 Å². The van der Waals surface area contributed by atoms with Crippen LogP contribution in [0.15, 0.2) is 48.7 Å². The maximum atomic E-state index is 12.9. The molecule has 3 heterocycles. The Hall–Kier alpha value is -2.24. The van der Waals surface area contributed by atoms with E-state index < -0.39 is 0 Å². The number of benzene rings is 1. The Morgan fingerprint density at radius 1 is 1.07 bits per heavy atom. The van der Waals surface area contributed by atoms with E-state index >= 15 is 0 Å². The third-order valence-corrected chi connectivity index (χ3v) is 6.26. The average molecular weight is 394 g/mol. The molecular weight excluding hydrogens is 362 g/mol. The van der Waals surface area contributed by atoms with Crippen molar-refractivity contribution in [3.05, 3.63) is 54.4 Å². The Morgan fingerprint density at radius 2 is 1.86 bits per heavy atom. The molecule has 1 aromatic heterocycles. The van der Waals surface area contributed by atoms with Gasteiger partial charge in [0.1, 0.15) is 6.10 Å². The van der Waals surface area contributed by atoms with Gasteiger partial charge in [0.15, 0.2) is 0 Å². The van der Waals surface area contributed by atoms with Gasteiger partial charge in [-0.3, -0.25) is 9.78 Å². The second-order valence-electron chi connectivity index (χ2n) is 8.12. The molecule has 2 aliphatic rings. The lowest BCUT2D eigenvalue weighted by atomic mass is 9.93. The van der Waals surface area contributed by atoms with Gasteiger partial charge in [0.2, 0.25) is 5.91 Å². The first-order valence-electron chi connectivity index (χ1n) is 10.9. The number of carbonyl (C=O) groups excluding carboxylic acids is 1. The van der Waals surface area contributed by atoms with Crippen LogP contribution in [0.2, 0.25) is 0 Å². The zero-order valence-corrected chi connectivity index (χ0v) is 17.3. The molecular formula is C24H31N3O2. The van der Waals surface area contributed by atoms with Crippen molar-refractivity contribution in [2.75, 3.05) is 39.3 Å². The fourth-order valence-corrected chi connectivity index (χ4v) is 4.33. The van der Waals surface area contributed by atoms with Gasteiger partial charge in [0.05, 0.1) is 18.8 Å². The highest BCUT2D eigenvalue weighted by Gasteiger charge is 2.28. The molecule has 2 aliphatic heterocycles. The molecule has 0 N–H and O–H groups in total. The molecule has 1 atom stereocenters. The van der Waals surface area contributed by atoms with Crippen molar-refractivity contribution in [3.8, 4) is 11.1 Å². The lowest BCUT2D eigenvalue weighted by Crippen LogP contribution is -2.43. The number of pyridine rings is 1.